The van der Waals surface area contributed by atoms with Gasteiger partial charge >= 0.3 is 33.0 Å². The predicted octanol–water partition coefficient (Wildman–Crippen LogP) is 6.13. The van der Waals surface area contributed by atoms with Gasteiger partial charge in [-0.3, -0.25) is 0 Å². The summed E-state index contributed by atoms with van der Waals surface area (Å²) in [5, 5.41) is 6.44. The van der Waals surface area contributed by atoms with Crippen LogP contribution in [0.15, 0.2) is 12.2 Å². The maximum Gasteiger partial charge on any atom is -0.00773 e. The van der Waals surface area contributed by atoms with Crippen molar-refractivity contribution in [1.29, 1.82) is 5.41 Å². The quantitative estimate of drug-likeness (QED) is 0.151. The molecule has 0 bridgehead atoms. The van der Waals surface area contributed by atoms with Crippen LogP contribution in [0.3, 0.4) is 0 Å². The third-order valence-corrected chi connectivity index (χ3v) is 3.72. The Hall–Kier alpha value is -0.111. The molecule has 0 saturated carbocycles. The summed E-state index contributed by atoms with van der Waals surface area (Å²) in [5.41, 5.74) is 5.47. The second-order valence-electron chi connectivity index (χ2n) is 6.28. The van der Waals surface area contributed by atoms with Crippen LogP contribution in [0, 0.1) is 5.41 Å². The van der Waals surface area contributed by atoms with E-state index in [0.717, 1.165) is 6.54 Å². The normalized spacial score (nSPS) is 10.6. The molecule has 137 valence electrons. The molecular weight excluding hydrogens is 347 g/mol. The molecule has 3 N–H and O–H groups in total. The summed E-state index contributed by atoms with van der Waals surface area (Å²) < 4.78 is 0.542. The molecule has 0 aromatic carbocycles. The van der Waals surface area contributed by atoms with Gasteiger partial charge in [-0.15, -0.1) is 0 Å². The fourth-order valence-corrected chi connectivity index (χ4v) is 2.39. The van der Waals surface area contributed by atoms with Crippen LogP contribution in [-0.4, -0.2) is 27.2 Å². The van der Waals surface area contributed by atoms with Crippen LogP contribution in [-0.2, 0) is 0 Å². The summed E-state index contributed by atoms with van der Waals surface area (Å²) in [6, 6.07) is 0. The Morgan fingerprint density at radius 2 is 1.13 bits per heavy atom. The number of hydrogen-bond donors (Lipinski definition) is 2. The first-order valence-electron chi connectivity index (χ1n) is 9.72. The number of rotatable bonds is 15. The van der Waals surface area contributed by atoms with E-state index < -0.39 is 0 Å². The van der Waals surface area contributed by atoms with Gasteiger partial charge in [-0.05, 0) is 38.6 Å². The van der Waals surface area contributed by atoms with E-state index in [1.54, 1.807) is 6.92 Å². The summed E-state index contributed by atoms with van der Waals surface area (Å²) >= 11 is 2.49. The van der Waals surface area contributed by atoms with Gasteiger partial charge in [0.25, 0.3) is 0 Å². The predicted molar refractivity (Wildman–Crippen MR) is 108 cm³/mol. The molecule has 0 atom stereocenters. The van der Waals surface area contributed by atoms with Gasteiger partial charge in [0.1, 0.15) is 0 Å². The molecule has 1 radical (unpaired) electrons. The van der Waals surface area contributed by atoms with E-state index >= 15 is 0 Å². The standard InChI is InChI=1S/C18H37N.C2H4NSe/c1-2-3-4-5-6-7-8-9-10-11-12-13-14-15-16-17-18-19;1-2(3)4/h9-10H,2-8,11-19H2,1H3;3H,1H3/b10-9-;. The van der Waals surface area contributed by atoms with Crippen molar-refractivity contribution in [3.63, 3.8) is 0 Å². The van der Waals surface area contributed by atoms with Gasteiger partial charge in [-0.25, -0.2) is 0 Å². The van der Waals surface area contributed by atoms with E-state index in [1.807, 2.05) is 0 Å². The van der Waals surface area contributed by atoms with Gasteiger partial charge in [0, 0.05) is 0 Å². The molecule has 0 amide bonds. The van der Waals surface area contributed by atoms with E-state index in [2.05, 4.69) is 35.1 Å². The molecule has 0 unspecified atom stereocenters. The van der Waals surface area contributed by atoms with Gasteiger partial charge in [-0.2, -0.15) is 0 Å². The molecule has 0 aromatic rings. The molecule has 3 heteroatoms. The van der Waals surface area contributed by atoms with Crippen molar-refractivity contribution >= 4 is 20.6 Å². The Labute approximate surface area is 154 Å². The molecule has 0 saturated heterocycles. The smallest absolute Gasteiger partial charge is 0.00773 e. The summed E-state index contributed by atoms with van der Waals surface area (Å²) in [7, 11) is 0. The summed E-state index contributed by atoms with van der Waals surface area (Å²) in [5.74, 6) is 0. The zero-order valence-corrected chi connectivity index (χ0v) is 17.5. The molecule has 0 aliphatic rings. The minimum Gasteiger partial charge on any atom is -0.330 e. The maximum atomic E-state index is 6.44. The Morgan fingerprint density at radius 1 is 0.783 bits per heavy atom. The number of hydrogen-bond acceptors (Lipinski definition) is 2. The molecule has 0 spiro atoms. The first-order chi connectivity index (χ1) is 11.1. The van der Waals surface area contributed by atoms with Crippen molar-refractivity contribution in [1.82, 2.24) is 0 Å². The Kier molecular flexibility index (Phi) is 26.4. The second kappa shape index (κ2) is 24.1. The zero-order valence-electron chi connectivity index (χ0n) is 15.7. The Balaban J connectivity index is 0. The first-order valence-corrected chi connectivity index (χ1v) is 10.6. The van der Waals surface area contributed by atoms with Crippen molar-refractivity contribution in [2.45, 2.75) is 104 Å². The fourth-order valence-electron chi connectivity index (χ4n) is 2.39. The summed E-state index contributed by atoms with van der Waals surface area (Å²) in [6.07, 6.45) is 23.9. The molecule has 0 rings (SSSR count). The van der Waals surface area contributed by atoms with Crippen molar-refractivity contribution in [2.75, 3.05) is 6.54 Å². The van der Waals surface area contributed by atoms with Gasteiger partial charge in [0.05, 0.1) is 0 Å². The average molecular weight is 389 g/mol. The van der Waals surface area contributed by atoms with E-state index in [9.17, 15) is 0 Å². The van der Waals surface area contributed by atoms with Crippen molar-refractivity contribution < 1.29 is 0 Å². The topological polar surface area (TPSA) is 49.9 Å². The number of unbranched alkanes of at least 4 members (excludes halogenated alkanes) is 12. The van der Waals surface area contributed by atoms with E-state index in [0.29, 0.717) is 4.61 Å². The summed E-state index contributed by atoms with van der Waals surface area (Å²) in [4.78, 5) is 0. The van der Waals surface area contributed by atoms with E-state index in [-0.39, 0.29) is 0 Å². The monoisotopic (exact) mass is 389 g/mol. The minimum absolute atomic E-state index is 0.542. The SMILES string of the molecule is CC(=N)[Se].CCCCCCCC/C=C\CCCCCCCCN. The first kappa shape index (κ1) is 25.1. The Bertz CT molecular complexity index is 248. The molecule has 0 heterocycles. The summed E-state index contributed by atoms with van der Waals surface area (Å²) in [6.45, 7) is 4.84. The zero-order chi connectivity index (χ0) is 17.6. The third-order valence-electron chi connectivity index (χ3n) is 3.72. The molecule has 23 heavy (non-hydrogen) atoms. The second-order valence-corrected chi connectivity index (χ2v) is 7.57. The van der Waals surface area contributed by atoms with Crippen LogP contribution in [0.5, 0.6) is 0 Å². The molecule has 0 aromatic heterocycles. The van der Waals surface area contributed by atoms with Gasteiger partial charge < -0.3 is 5.73 Å². The molecule has 0 fully saturated rings. The van der Waals surface area contributed by atoms with Crippen LogP contribution >= 0.6 is 0 Å². The largest absolute Gasteiger partial charge is 0.330 e. The average Bonchev–Trinajstić information content (AvgIpc) is 2.50. The number of nitrogens with one attached hydrogen (secondary N) is 1. The van der Waals surface area contributed by atoms with Gasteiger partial charge in [0.2, 0.25) is 0 Å². The van der Waals surface area contributed by atoms with Gasteiger partial charge in [-0.1, -0.05) is 76.9 Å². The maximum absolute atomic E-state index is 6.44. The number of nitrogens with two attached hydrogens (primary N) is 1. The van der Waals surface area contributed by atoms with Crippen LogP contribution in [0.4, 0.5) is 0 Å². The fraction of sp³-hybridized carbons (Fsp3) is 0.850. The third kappa shape index (κ3) is 34.3. The van der Waals surface area contributed by atoms with Crippen molar-refractivity contribution in [2.24, 2.45) is 5.73 Å². The van der Waals surface area contributed by atoms with Crippen LogP contribution in [0.25, 0.3) is 0 Å². The van der Waals surface area contributed by atoms with Gasteiger partial charge in [0.15, 0.2) is 0 Å². The van der Waals surface area contributed by atoms with Crippen LogP contribution < -0.4 is 5.73 Å². The van der Waals surface area contributed by atoms with Crippen molar-refractivity contribution in [3.05, 3.63) is 12.2 Å². The Morgan fingerprint density at radius 3 is 1.52 bits per heavy atom. The van der Waals surface area contributed by atoms with Crippen LogP contribution in [0.1, 0.15) is 104 Å². The number of allylic oxidation sites excluding steroid dienone is 2. The molecule has 0 aliphatic carbocycles. The minimum atomic E-state index is 0.542. The van der Waals surface area contributed by atoms with Crippen LogP contribution in [0.2, 0.25) is 0 Å². The van der Waals surface area contributed by atoms with Crippen molar-refractivity contribution in [3.8, 4) is 0 Å². The van der Waals surface area contributed by atoms with E-state index in [1.165, 1.54) is 89.9 Å². The molecular formula is C20H41N2Se. The molecule has 0 aliphatic heterocycles. The van der Waals surface area contributed by atoms with E-state index in [4.69, 9.17) is 11.1 Å². The molecule has 2 nitrogen and oxygen atoms in total.